The van der Waals surface area contributed by atoms with Gasteiger partial charge in [-0.3, -0.25) is 4.99 Å². The summed E-state index contributed by atoms with van der Waals surface area (Å²) in [7, 11) is 4.03. The Morgan fingerprint density at radius 1 is 1.30 bits per heavy atom. The molecule has 0 fully saturated rings. The molecule has 0 bridgehead atoms. The van der Waals surface area contributed by atoms with Crippen molar-refractivity contribution in [1.82, 2.24) is 24.6 Å². The lowest BCUT2D eigenvalue weighted by Crippen LogP contribution is -2.33. The molecule has 2 aromatic heterocycles. The minimum absolute atomic E-state index is 0.0111. The molecule has 2 atom stereocenters. The van der Waals surface area contributed by atoms with E-state index in [0.717, 1.165) is 34.6 Å². The zero-order valence-corrected chi connectivity index (χ0v) is 18.0. The number of likely N-dealkylation sites (N-methyl/N-ethyl adjacent to an activating group) is 1. The Labute approximate surface area is 179 Å². The summed E-state index contributed by atoms with van der Waals surface area (Å²) in [5.41, 5.74) is 1.11. The monoisotopic (exact) mass is 427 g/mol. The van der Waals surface area contributed by atoms with Crippen LogP contribution in [0.25, 0.3) is 0 Å². The van der Waals surface area contributed by atoms with E-state index in [1.807, 2.05) is 45.3 Å². The van der Waals surface area contributed by atoms with Crippen LogP contribution >= 0.6 is 11.5 Å². The Bertz CT molecular complexity index is 952. The highest BCUT2D eigenvalue weighted by Crippen LogP contribution is 2.28. The summed E-state index contributed by atoms with van der Waals surface area (Å²) in [6.07, 6.45) is 8.03. The molecule has 0 saturated heterocycles. The fourth-order valence-corrected chi connectivity index (χ4v) is 3.67. The van der Waals surface area contributed by atoms with Crippen molar-refractivity contribution in [3.63, 3.8) is 0 Å². The molecule has 10 heteroatoms. The van der Waals surface area contributed by atoms with Crippen LogP contribution < -0.4 is 20.1 Å². The van der Waals surface area contributed by atoms with Crippen LogP contribution in [-0.2, 0) is 0 Å². The number of aliphatic imine (C=N–C) groups is 1. The number of nitrogens with zero attached hydrogens (tertiary/aromatic N) is 5. The molecular weight excluding hydrogens is 402 g/mol. The van der Waals surface area contributed by atoms with E-state index in [9.17, 15) is 0 Å². The first kappa shape index (κ1) is 20.3. The van der Waals surface area contributed by atoms with Crippen molar-refractivity contribution in [1.29, 1.82) is 0 Å². The van der Waals surface area contributed by atoms with Crippen molar-refractivity contribution in [3.8, 4) is 11.6 Å². The van der Waals surface area contributed by atoms with Gasteiger partial charge in [-0.05, 0) is 33.2 Å². The molecule has 4 rings (SSSR count). The predicted octanol–water partition coefficient (Wildman–Crippen LogP) is 2.21. The number of ether oxygens (including phenoxy) is 2. The maximum Gasteiger partial charge on any atom is 0.214 e. The van der Waals surface area contributed by atoms with Crippen LogP contribution in [0.3, 0.4) is 0 Å². The van der Waals surface area contributed by atoms with Gasteiger partial charge in [0.15, 0.2) is 0 Å². The molecule has 0 amide bonds. The van der Waals surface area contributed by atoms with Crippen molar-refractivity contribution < 1.29 is 9.47 Å². The average Bonchev–Trinajstić information content (AvgIpc) is 3.14. The van der Waals surface area contributed by atoms with Crippen molar-refractivity contribution >= 4 is 23.0 Å². The van der Waals surface area contributed by atoms with E-state index in [4.69, 9.17) is 9.47 Å². The molecule has 158 valence electrons. The van der Waals surface area contributed by atoms with Crippen LogP contribution in [0.1, 0.15) is 12.2 Å². The Balaban J connectivity index is 1.40. The topological polar surface area (TPSA) is 96.8 Å². The minimum Gasteiger partial charge on any atom is -0.491 e. The first-order chi connectivity index (χ1) is 14.6. The predicted molar refractivity (Wildman–Crippen MR) is 117 cm³/mol. The van der Waals surface area contributed by atoms with Crippen LogP contribution in [0.4, 0.5) is 5.13 Å². The number of hydrogen-bond acceptors (Lipinski definition) is 10. The van der Waals surface area contributed by atoms with Crippen LogP contribution in [0.15, 0.2) is 46.9 Å². The lowest BCUT2D eigenvalue weighted by atomic mass is 9.93. The number of hydrogen-bond donors (Lipinski definition) is 2. The Morgan fingerprint density at radius 3 is 2.93 bits per heavy atom. The number of pyridine rings is 1. The van der Waals surface area contributed by atoms with Crippen molar-refractivity contribution in [2.24, 2.45) is 4.99 Å². The number of anilines is 1. The average molecular weight is 428 g/mol. The molecule has 2 N–H and O–H groups in total. The van der Waals surface area contributed by atoms with E-state index in [2.05, 4.69) is 34.9 Å². The number of rotatable bonds is 8. The third kappa shape index (κ3) is 5.14. The van der Waals surface area contributed by atoms with Gasteiger partial charge in [0.2, 0.25) is 11.0 Å². The molecule has 1 aliphatic heterocycles. The molecule has 0 saturated carbocycles. The van der Waals surface area contributed by atoms with Gasteiger partial charge in [0.1, 0.15) is 30.1 Å². The van der Waals surface area contributed by atoms with Gasteiger partial charge < -0.3 is 25.0 Å². The summed E-state index contributed by atoms with van der Waals surface area (Å²) in [5, 5.41) is 7.25. The maximum atomic E-state index is 6.08. The second kappa shape index (κ2) is 9.23. The van der Waals surface area contributed by atoms with Crippen molar-refractivity contribution in [3.05, 3.63) is 47.7 Å². The summed E-state index contributed by atoms with van der Waals surface area (Å²) in [6, 6.07) is 3.70. The number of nitrogens with one attached hydrogen (secondary N) is 2. The summed E-state index contributed by atoms with van der Waals surface area (Å²) in [6.45, 7) is 3.34. The standard InChI is InChI=1S/C20H25N7O2S/c1-13-24-20(30-26-13)25-19-16-10-14(4-6-17(16)22-12-23-19)29-18-7-5-15(11-21-18)28-9-8-27(2)3/h4-7,11-12,14,17H,8-10H2,1-3H3,(H,22,23)(H,24,25,26). The maximum absolute atomic E-state index is 6.08. The van der Waals surface area contributed by atoms with E-state index in [0.29, 0.717) is 18.9 Å². The number of fused-ring (bicyclic) bond motifs is 1. The molecule has 1 aliphatic carbocycles. The van der Waals surface area contributed by atoms with Gasteiger partial charge >= 0.3 is 0 Å². The van der Waals surface area contributed by atoms with Gasteiger partial charge in [-0.2, -0.15) is 4.37 Å². The summed E-state index contributed by atoms with van der Waals surface area (Å²) < 4.78 is 16.0. The normalized spacial score (nSPS) is 20.1. The molecule has 0 spiro atoms. The van der Waals surface area contributed by atoms with E-state index in [-0.39, 0.29) is 12.1 Å². The third-order valence-corrected chi connectivity index (χ3v) is 5.32. The Kier molecular flexibility index (Phi) is 6.24. The lowest BCUT2D eigenvalue weighted by Gasteiger charge is -2.29. The van der Waals surface area contributed by atoms with Crippen LogP contribution in [-0.4, -0.2) is 65.0 Å². The molecule has 3 heterocycles. The van der Waals surface area contributed by atoms with E-state index in [1.165, 1.54) is 11.5 Å². The zero-order valence-electron chi connectivity index (χ0n) is 17.2. The molecule has 2 unspecified atom stereocenters. The highest BCUT2D eigenvalue weighted by Gasteiger charge is 2.27. The first-order valence-electron chi connectivity index (χ1n) is 9.74. The van der Waals surface area contributed by atoms with Gasteiger partial charge in [-0.1, -0.05) is 6.08 Å². The van der Waals surface area contributed by atoms with Gasteiger partial charge in [-0.15, -0.1) is 0 Å². The van der Waals surface area contributed by atoms with E-state index in [1.54, 1.807) is 12.5 Å². The molecule has 2 aromatic rings. The molecule has 0 aromatic carbocycles. The molecule has 2 aliphatic rings. The second-order valence-corrected chi connectivity index (χ2v) is 8.02. The molecule has 30 heavy (non-hydrogen) atoms. The summed E-state index contributed by atoms with van der Waals surface area (Å²) >= 11 is 1.33. The van der Waals surface area contributed by atoms with Crippen LogP contribution in [0, 0.1) is 6.92 Å². The zero-order chi connectivity index (χ0) is 20.9. The van der Waals surface area contributed by atoms with Gasteiger partial charge in [-0.25, -0.2) is 9.97 Å². The quantitative estimate of drug-likeness (QED) is 0.619. The van der Waals surface area contributed by atoms with Gasteiger partial charge in [0.25, 0.3) is 0 Å². The molecular formula is C20H25N7O2S. The molecule has 9 nitrogen and oxygen atoms in total. The number of aromatic nitrogens is 3. The van der Waals surface area contributed by atoms with Crippen molar-refractivity contribution in [2.75, 3.05) is 32.6 Å². The minimum atomic E-state index is -0.132. The van der Waals surface area contributed by atoms with Gasteiger partial charge in [0, 0.05) is 36.1 Å². The fraction of sp³-hybridized carbons (Fsp3) is 0.400. The fourth-order valence-electron chi connectivity index (χ4n) is 3.09. The second-order valence-electron chi connectivity index (χ2n) is 7.27. The highest BCUT2D eigenvalue weighted by molar-refractivity contribution is 7.09. The van der Waals surface area contributed by atoms with Crippen LogP contribution in [0.2, 0.25) is 0 Å². The van der Waals surface area contributed by atoms with E-state index >= 15 is 0 Å². The third-order valence-electron chi connectivity index (χ3n) is 4.60. The summed E-state index contributed by atoms with van der Waals surface area (Å²) in [5.74, 6) is 2.92. The lowest BCUT2D eigenvalue weighted by molar-refractivity contribution is 0.231. The van der Waals surface area contributed by atoms with Gasteiger partial charge in [0.05, 0.1) is 18.6 Å². The largest absolute Gasteiger partial charge is 0.491 e. The number of aryl methyl sites for hydroxylation is 1. The van der Waals surface area contributed by atoms with E-state index < -0.39 is 0 Å². The SMILES string of the molecule is Cc1nsc(NC2=C3CC(Oc4ccc(OCCN(C)C)cn4)C=CC3N=CN2)n1. The first-order valence-corrected chi connectivity index (χ1v) is 10.5. The van der Waals surface area contributed by atoms with Crippen LogP contribution in [0.5, 0.6) is 11.6 Å². The highest BCUT2D eigenvalue weighted by atomic mass is 32.1. The van der Waals surface area contributed by atoms with Crippen molar-refractivity contribution in [2.45, 2.75) is 25.5 Å². The molecule has 0 radical (unpaired) electrons. The Hall–Kier alpha value is -2.98. The Morgan fingerprint density at radius 2 is 2.20 bits per heavy atom. The smallest absolute Gasteiger partial charge is 0.214 e. The summed E-state index contributed by atoms with van der Waals surface area (Å²) in [4.78, 5) is 15.3.